The van der Waals surface area contributed by atoms with E-state index in [-0.39, 0.29) is 0 Å². The molecule has 1 atom stereocenters. The predicted molar refractivity (Wildman–Crippen MR) is 80.3 cm³/mol. The molecule has 3 heteroatoms. The van der Waals surface area contributed by atoms with Crippen LogP contribution >= 0.6 is 11.6 Å². The number of halogens is 1. The van der Waals surface area contributed by atoms with E-state index in [4.69, 9.17) is 16.6 Å². The summed E-state index contributed by atoms with van der Waals surface area (Å²) in [6.07, 6.45) is 6.84. The number of rotatable bonds is 1. The van der Waals surface area contributed by atoms with E-state index in [1.165, 1.54) is 41.6 Å². The fraction of sp³-hybridized carbons (Fsp3) is 0.412. The Morgan fingerprint density at radius 2 is 1.85 bits per heavy atom. The van der Waals surface area contributed by atoms with Crippen LogP contribution in [0, 0.1) is 0 Å². The highest BCUT2D eigenvalue weighted by atomic mass is 35.5. The molecule has 1 aromatic heterocycles. The molecule has 20 heavy (non-hydrogen) atoms. The molecule has 2 aliphatic carbocycles. The topological polar surface area (TPSA) is 25.8 Å². The summed E-state index contributed by atoms with van der Waals surface area (Å²) in [5, 5.41) is 0.691. The molecule has 0 saturated heterocycles. The minimum atomic E-state index is 0.345. The lowest BCUT2D eigenvalue weighted by atomic mass is 9.77. The Bertz CT molecular complexity index is 666. The van der Waals surface area contributed by atoms with Gasteiger partial charge in [-0.1, -0.05) is 42.3 Å². The normalized spacial score (nSPS) is 20.6. The molecule has 0 saturated carbocycles. The summed E-state index contributed by atoms with van der Waals surface area (Å²) in [4.78, 5) is 9.46. The highest BCUT2D eigenvalue weighted by Gasteiger charge is 2.30. The van der Waals surface area contributed by atoms with E-state index in [9.17, 15) is 0 Å². The molecule has 2 nitrogen and oxygen atoms in total. The zero-order valence-corrected chi connectivity index (χ0v) is 12.2. The van der Waals surface area contributed by atoms with Gasteiger partial charge < -0.3 is 0 Å². The Hall–Kier alpha value is -1.41. The molecule has 0 N–H and O–H groups in total. The van der Waals surface area contributed by atoms with E-state index in [0.717, 1.165) is 25.1 Å². The van der Waals surface area contributed by atoms with Crippen molar-refractivity contribution in [1.82, 2.24) is 9.97 Å². The lowest BCUT2D eigenvalue weighted by Gasteiger charge is -2.29. The van der Waals surface area contributed by atoms with Crippen molar-refractivity contribution < 1.29 is 0 Å². The first kappa shape index (κ1) is 12.3. The number of nitrogens with zero attached hydrogens (tertiary/aromatic N) is 2. The van der Waals surface area contributed by atoms with E-state index < -0.39 is 0 Å². The first-order valence-corrected chi connectivity index (χ1v) is 7.83. The first-order chi connectivity index (χ1) is 9.83. The summed E-state index contributed by atoms with van der Waals surface area (Å²) < 4.78 is 0. The average molecular weight is 285 g/mol. The Labute approximate surface area is 124 Å². The molecule has 0 radical (unpaired) electrons. The van der Waals surface area contributed by atoms with Crippen molar-refractivity contribution in [1.29, 1.82) is 0 Å². The summed E-state index contributed by atoms with van der Waals surface area (Å²) >= 11 is 6.42. The van der Waals surface area contributed by atoms with Gasteiger partial charge in [0.05, 0.1) is 0 Å². The van der Waals surface area contributed by atoms with Gasteiger partial charge in [-0.05, 0) is 43.2 Å². The first-order valence-electron chi connectivity index (χ1n) is 7.46. The van der Waals surface area contributed by atoms with Crippen LogP contribution in [-0.4, -0.2) is 9.97 Å². The highest BCUT2D eigenvalue weighted by Crippen LogP contribution is 2.39. The SMILES string of the molecule is Clc1nc(C2Cc3ccccc32)nc2c1CCCCC2. The summed E-state index contributed by atoms with van der Waals surface area (Å²) in [6, 6.07) is 8.57. The Balaban J connectivity index is 1.74. The van der Waals surface area contributed by atoms with Gasteiger partial charge in [0.15, 0.2) is 0 Å². The quantitative estimate of drug-likeness (QED) is 0.582. The van der Waals surface area contributed by atoms with Crippen molar-refractivity contribution in [2.45, 2.75) is 44.4 Å². The van der Waals surface area contributed by atoms with Crippen LogP contribution in [0.4, 0.5) is 0 Å². The molecule has 0 bridgehead atoms. The number of fused-ring (bicyclic) bond motifs is 2. The van der Waals surface area contributed by atoms with Crippen molar-refractivity contribution in [3.63, 3.8) is 0 Å². The summed E-state index contributed by atoms with van der Waals surface area (Å²) in [5.41, 5.74) is 5.19. The van der Waals surface area contributed by atoms with Crippen LogP contribution in [-0.2, 0) is 19.3 Å². The lowest BCUT2D eigenvalue weighted by Crippen LogP contribution is -2.21. The van der Waals surface area contributed by atoms with Gasteiger partial charge in [-0.2, -0.15) is 0 Å². The number of benzene rings is 1. The summed E-state index contributed by atoms with van der Waals surface area (Å²) in [5.74, 6) is 1.27. The smallest absolute Gasteiger partial charge is 0.138 e. The predicted octanol–water partition coefficient (Wildman–Crippen LogP) is 4.09. The van der Waals surface area contributed by atoms with Crippen LogP contribution in [0.25, 0.3) is 0 Å². The maximum Gasteiger partial charge on any atom is 0.138 e. The van der Waals surface area contributed by atoms with Crippen LogP contribution in [0.15, 0.2) is 24.3 Å². The van der Waals surface area contributed by atoms with Crippen LogP contribution in [0.5, 0.6) is 0 Å². The van der Waals surface area contributed by atoms with Gasteiger partial charge in [-0.3, -0.25) is 0 Å². The lowest BCUT2D eigenvalue weighted by molar-refractivity contribution is 0.649. The minimum Gasteiger partial charge on any atom is -0.237 e. The molecule has 1 aromatic carbocycles. The zero-order chi connectivity index (χ0) is 13.5. The fourth-order valence-electron chi connectivity index (χ4n) is 3.39. The molecule has 2 aromatic rings. The second-order valence-electron chi connectivity index (χ2n) is 5.81. The van der Waals surface area contributed by atoms with Crippen molar-refractivity contribution in [2.24, 2.45) is 0 Å². The fourth-order valence-corrected chi connectivity index (χ4v) is 3.68. The molecule has 0 fully saturated rings. The number of aryl methyl sites for hydroxylation is 1. The van der Waals surface area contributed by atoms with E-state index in [1.807, 2.05) is 0 Å². The third-order valence-corrected chi connectivity index (χ3v) is 4.88. The minimum absolute atomic E-state index is 0.345. The third-order valence-electron chi connectivity index (χ3n) is 4.57. The van der Waals surface area contributed by atoms with Crippen molar-refractivity contribution in [3.05, 3.63) is 57.6 Å². The van der Waals surface area contributed by atoms with Crippen LogP contribution in [0.1, 0.15) is 53.4 Å². The number of hydrogen-bond acceptors (Lipinski definition) is 2. The molecule has 1 unspecified atom stereocenters. The van der Waals surface area contributed by atoms with Gasteiger partial charge >= 0.3 is 0 Å². The summed E-state index contributed by atoms with van der Waals surface area (Å²) in [6.45, 7) is 0. The zero-order valence-electron chi connectivity index (χ0n) is 11.4. The van der Waals surface area contributed by atoms with Crippen LogP contribution in [0.3, 0.4) is 0 Å². The third kappa shape index (κ3) is 1.94. The van der Waals surface area contributed by atoms with Crippen molar-refractivity contribution in [2.75, 3.05) is 0 Å². The van der Waals surface area contributed by atoms with Crippen molar-refractivity contribution in [3.8, 4) is 0 Å². The molecule has 1 heterocycles. The van der Waals surface area contributed by atoms with E-state index in [0.29, 0.717) is 11.1 Å². The molecule has 0 aliphatic heterocycles. The van der Waals surface area contributed by atoms with Gasteiger partial charge in [0, 0.05) is 17.2 Å². The maximum atomic E-state index is 6.42. The molecule has 4 rings (SSSR count). The molecular weight excluding hydrogens is 268 g/mol. The van der Waals surface area contributed by atoms with E-state index in [2.05, 4.69) is 29.2 Å². The van der Waals surface area contributed by atoms with Crippen LogP contribution in [0.2, 0.25) is 5.15 Å². The van der Waals surface area contributed by atoms with Gasteiger partial charge in [0.25, 0.3) is 0 Å². The highest BCUT2D eigenvalue weighted by molar-refractivity contribution is 6.30. The molecule has 102 valence electrons. The maximum absolute atomic E-state index is 6.42. The molecule has 0 amide bonds. The largest absolute Gasteiger partial charge is 0.237 e. The Kier molecular flexibility index (Phi) is 2.99. The van der Waals surface area contributed by atoms with Crippen molar-refractivity contribution >= 4 is 11.6 Å². The standard InChI is InChI=1S/C17H17ClN2/c18-16-13-8-2-1-3-9-15(13)19-17(20-16)14-10-11-6-4-5-7-12(11)14/h4-7,14H,1-3,8-10H2. The van der Waals surface area contributed by atoms with Gasteiger partial charge in [-0.25, -0.2) is 9.97 Å². The van der Waals surface area contributed by atoms with Gasteiger partial charge in [0.2, 0.25) is 0 Å². The number of hydrogen-bond donors (Lipinski definition) is 0. The van der Waals surface area contributed by atoms with Gasteiger partial charge in [-0.15, -0.1) is 0 Å². The Morgan fingerprint density at radius 1 is 1.00 bits per heavy atom. The second-order valence-corrected chi connectivity index (χ2v) is 6.17. The second kappa shape index (κ2) is 4.85. The molecule has 0 spiro atoms. The molecule has 2 aliphatic rings. The van der Waals surface area contributed by atoms with E-state index >= 15 is 0 Å². The Morgan fingerprint density at radius 3 is 2.75 bits per heavy atom. The van der Waals surface area contributed by atoms with E-state index in [1.54, 1.807) is 0 Å². The number of aromatic nitrogens is 2. The monoisotopic (exact) mass is 284 g/mol. The average Bonchev–Trinajstić information content (AvgIpc) is 2.66. The van der Waals surface area contributed by atoms with Crippen LogP contribution < -0.4 is 0 Å². The molecular formula is C17H17ClN2. The summed E-state index contributed by atoms with van der Waals surface area (Å²) in [7, 11) is 0. The van der Waals surface area contributed by atoms with Gasteiger partial charge in [0.1, 0.15) is 11.0 Å².